The second kappa shape index (κ2) is 3.15. The molecule has 0 radical (unpaired) electrons. The van der Waals surface area contributed by atoms with Crippen molar-refractivity contribution in [2.45, 2.75) is 26.3 Å². The number of aryl methyl sites for hydroxylation is 1. The van der Waals surface area contributed by atoms with E-state index >= 15 is 0 Å². The number of aliphatic imine (C=N–C) groups is 1. The molecule has 1 N–H and O–H groups in total. The van der Waals surface area contributed by atoms with Crippen LogP contribution in [0.3, 0.4) is 0 Å². The second-order valence-corrected chi connectivity index (χ2v) is 4.14. The van der Waals surface area contributed by atoms with E-state index in [0.717, 1.165) is 5.69 Å². The van der Waals surface area contributed by atoms with Gasteiger partial charge in [-0.2, -0.15) is 0 Å². The normalized spacial score (nSPS) is 18.6. The van der Waals surface area contributed by atoms with Gasteiger partial charge in [-0.25, -0.2) is 4.98 Å². The summed E-state index contributed by atoms with van der Waals surface area (Å²) in [6.45, 7) is 5.47. The Labute approximate surface area is 88.4 Å². The van der Waals surface area contributed by atoms with Crippen LogP contribution in [0.4, 0.5) is 0 Å². The van der Waals surface area contributed by atoms with Gasteiger partial charge in [0.15, 0.2) is 5.84 Å². The van der Waals surface area contributed by atoms with Crippen molar-refractivity contribution < 1.29 is 4.79 Å². The maximum absolute atomic E-state index is 11.5. The van der Waals surface area contributed by atoms with E-state index < -0.39 is 5.54 Å². The van der Waals surface area contributed by atoms with Crippen LogP contribution in [0.2, 0.25) is 0 Å². The summed E-state index contributed by atoms with van der Waals surface area (Å²) in [6.07, 6.45) is 0. The highest BCUT2D eigenvalue weighted by Crippen LogP contribution is 2.16. The summed E-state index contributed by atoms with van der Waals surface area (Å²) >= 11 is 0. The zero-order chi connectivity index (χ0) is 11.1. The van der Waals surface area contributed by atoms with Crippen molar-refractivity contribution in [1.29, 1.82) is 0 Å². The molecule has 1 aliphatic heterocycles. The standard InChI is InChI=1S/C11H13N3O/c1-7-5-4-6-8(12-7)9-13-10(15)11(2,3)14-9/h4-6H,1-3H3,(H,13,14,15). The zero-order valence-electron chi connectivity index (χ0n) is 9.03. The lowest BCUT2D eigenvalue weighted by Crippen LogP contribution is -2.34. The molecule has 1 aromatic heterocycles. The molecule has 0 bridgehead atoms. The van der Waals surface area contributed by atoms with Crippen LogP contribution in [-0.2, 0) is 4.79 Å². The molecule has 0 atom stereocenters. The second-order valence-electron chi connectivity index (χ2n) is 4.14. The van der Waals surface area contributed by atoms with E-state index in [1.165, 1.54) is 0 Å². The first-order valence-electron chi connectivity index (χ1n) is 4.84. The molecule has 78 valence electrons. The van der Waals surface area contributed by atoms with Gasteiger partial charge >= 0.3 is 0 Å². The number of hydrogen-bond acceptors (Lipinski definition) is 3. The number of carbonyl (C=O) groups is 1. The molecule has 0 spiro atoms. The maximum atomic E-state index is 11.5. The minimum absolute atomic E-state index is 0.0826. The Balaban J connectivity index is 2.39. The number of aromatic nitrogens is 1. The van der Waals surface area contributed by atoms with E-state index in [0.29, 0.717) is 11.5 Å². The number of rotatable bonds is 1. The topological polar surface area (TPSA) is 54.4 Å². The molecule has 1 aliphatic rings. The molecule has 1 amide bonds. The number of nitrogens with zero attached hydrogens (tertiary/aromatic N) is 2. The smallest absolute Gasteiger partial charge is 0.252 e. The highest BCUT2D eigenvalue weighted by atomic mass is 16.2. The SMILES string of the molecule is Cc1cccc(C2=NC(C)(C)C(=O)N2)n1. The van der Waals surface area contributed by atoms with Gasteiger partial charge in [0.25, 0.3) is 5.91 Å². The van der Waals surface area contributed by atoms with Gasteiger partial charge in [0.05, 0.1) is 0 Å². The lowest BCUT2D eigenvalue weighted by molar-refractivity contribution is -0.122. The monoisotopic (exact) mass is 203 g/mol. The number of pyridine rings is 1. The first kappa shape index (κ1) is 9.83. The van der Waals surface area contributed by atoms with Crippen molar-refractivity contribution in [3.05, 3.63) is 29.6 Å². The van der Waals surface area contributed by atoms with Crippen molar-refractivity contribution in [2.75, 3.05) is 0 Å². The Morgan fingerprint density at radius 1 is 1.33 bits per heavy atom. The summed E-state index contributed by atoms with van der Waals surface area (Å²) in [5, 5.41) is 2.74. The molecule has 0 saturated carbocycles. The highest BCUT2D eigenvalue weighted by Gasteiger charge is 2.34. The fourth-order valence-corrected chi connectivity index (χ4v) is 1.41. The minimum atomic E-state index is -0.680. The summed E-state index contributed by atoms with van der Waals surface area (Å²) in [7, 11) is 0. The van der Waals surface area contributed by atoms with Gasteiger partial charge in [0.1, 0.15) is 11.2 Å². The first-order chi connectivity index (χ1) is 6.99. The van der Waals surface area contributed by atoms with Gasteiger partial charge in [0, 0.05) is 5.69 Å². The van der Waals surface area contributed by atoms with Gasteiger partial charge < -0.3 is 5.32 Å². The van der Waals surface area contributed by atoms with E-state index in [1.54, 1.807) is 13.8 Å². The number of amidine groups is 1. The van der Waals surface area contributed by atoms with Crippen LogP contribution in [0.1, 0.15) is 25.2 Å². The number of amides is 1. The van der Waals surface area contributed by atoms with Crippen molar-refractivity contribution in [2.24, 2.45) is 4.99 Å². The summed E-state index contributed by atoms with van der Waals surface area (Å²) in [6, 6.07) is 5.65. The third-order valence-electron chi connectivity index (χ3n) is 2.31. The molecular weight excluding hydrogens is 190 g/mol. The minimum Gasteiger partial charge on any atom is -0.307 e. The average Bonchev–Trinajstić information content (AvgIpc) is 2.42. The van der Waals surface area contributed by atoms with Gasteiger partial charge in [0.2, 0.25) is 0 Å². The quantitative estimate of drug-likeness (QED) is 0.741. The van der Waals surface area contributed by atoms with E-state index in [4.69, 9.17) is 0 Å². The van der Waals surface area contributed by atoms with Gasteiger partial charge in [-0.3, -0.25) is 9.79 Å². The van der Waals surface area contributed by atoms with Crippen LogP contribution in [-0.4, -0.2) is 22.3 Å². The Kier molecular flexibility index (Phi) is 2.07. The van der Waals surface area contributed by atoms with E-state index in [1.807, 2.05) is 25.1 Å². The lowest BCUT2D eigenvalue weighted by Gasteiger charge is -2.07. The van der Waals surface area contributed by atoms with Crippen LogP contribution in [0, 0.1) is 6.92 Å². The largest absolute Gasteiger partial charge is 0.307 e. The van der Waals surface area contributed by atoms with E-state index in [2.05, 4.69) is 15.3 Å². The van der Waals surface area contributed by atoms with Crippen LogP contribution in [0.25, 0.3) is 0 Å². The summed E-state index contributed by atoms with van der Waals surface area (Å²) in [5.74, 6) is 0.481. The van der Waals surface area contributed by atoms with E-state index in [9.17, 15) is 4.79 Å². The first-order valence-corrected chi connectivity index (χ1v) is 4.84. The van der Waals surface area contributed by atoms with Crippen LogP contribution in [0.15, 0.2) is 23.2 Å². The number of nitrogens with one attached hydrogen (secondary N) is 1. The van der Waals surface area contributed by atoms with Crippen molar-refractivity contribution >= 4 is 11.7 Å². The Morgan fingerprint density at radius 3 is 2.60 bits per heavy atom. The molecule has 0 aromatic carbocycles. The molecule has 15 heavy (non-hydrogen) atoms. The predicted molar refractivity (Wildman–Crippen MR) is 57.7 cm³/mol. The maximum Gasteiger partial charge on any atom is 0.252 e. The third-order valence-corrected chi connectivity index (χ3v) is 2.31. The fraction of sp³-hybridized carbons (Fsp3) is 0.364. The molecule has 0 unspecified atom stereocenters. The van der Waals surface area contributed by atoms with Crippen LogP contribution < -0.4 is 5.32 Å². The molecule has 0 aliphatic carbocycles. The molecule has 0 saturated heterocycles. The Bertz CT molecular complexity index is 449. The van der Waals surface area contributed by atoms with Gasteiger partial charge in [-0.1, -0.05) is 6.07 Å². The predicted octanol–water partition coefficient (Wildman–Crippen LogP) is 1.05. The Hall–Kier alpha value is -1.71. The molecule has 0 fully saturated rings. The summed E-state index contributed by atoms with van der Waals surface area (Å²) in [5.41, 5.74) is 0.948. The molecule has 4 nitrogen and oxygen atoms in total. The molecule has 2 heterocycles. The van der Waals surface area contributed by atoms with Crippen molar-refractivity contribution in [3.8, 4) is 0 Å². The highest BCUT2D eigenvalue weighted by molar-refractivity contribution is 6.14. The van der Waals surface area contributed by atoms with Gasteiger partial charge in [-0.05, 0) is 32.9 Å². The fourth-order valence-electron chi connectivity index (χ4n) is 1.41. The molecule has 2 rings (SSSR count). The zero-order valence-corrected chi connectivity index (χ0v) is 9.03. The van der Waals surface area contributed by atoms with Crippen LogP contribution >= 0.6 is 0 Å². The van der Waals surface area contributed by atoms with Crippen molar-refractivity contribution in [3.63, 3.8) is 0 Å². The van der Waals surface area contributed by atoms with Crippen LogP contribution in [0.5, 0.6) is 0 Å². The van der Waals surface area contributed by atoms with E-state index in [-0.39, 0.29) is 5.91 Å². The molecular formula is C11H13N3O. The summed E-state index contributed by atoms with van der Waals surface area (Å²) in [4.78, 5) is 20.1. The molecule has 4 heteroatoms. The number of hydrogen-bond donors (Lipinski definition) is 1. The number of carbonyl (C=O) groups excluding carboxylic acids is 1. The summed E-state index contributed by atoms with van der Waals surface area (Å²) < 4.78 is 0. The Morgan fingerprint density at radius 2 is 2.07 bits per heavy atom. The average molecular weight is 203 g/mol. The molecule has 1 aromatic rings. The lowest BCUT2D eigenvalue weighted by atomic mass is 10.1. The van der Waals surface area contributed by atoms with Gasteiger partial charge in [-0.15, -0.1) is 0 Å². The third kappa shape index (κ3) is 1.75. The van der Waals surface area contributed by atoms with Crippen molar-refractivity contribution in [1.82, 2.24) is 10.3 Å².